The molecule has 5 rings (SSSR count). The lowest BCUT2D eigenvalue weighted by Gasteiger charge is -2.34. The number of aromatic nitrogens is 5. The third-order valence-corrected chi connectivity index (χ3v) is 5.86. The Morgan fingerprint density at radius 3 is 2.72 bits per heavy atom. The van der Waals surface area contributed by atoms with Crippen molar-refractivity contribution in [3.63, 3.8) is 0 Å². The second kappa shape index (κ2) is 8.95. The standard InChI is InChI=1S/C21H22Cl2N8O/c1-14-11-19(27-26-14)24-20-18-3-2-6-31(18)28-21(25-20)29-7-9-30(10-8-29)32-13-15-4-5-16(22)12-17(15)23/h2-6,11-12H,7-10,13H2,1H3,(H2,24,25,26,27,28). The van der Waals surface area contributed by atoms with E-state index in [4.69, 9.17) is 33.0 Å². The average Bonchev–Trinajstić information content (AvgIpc) is 3.42. The molecule has 1 saturated heterocycles. The molecule has 0 radical (unpaired) electrons. The molecule has 166 valence electrons. The highest BCUT2D eigenvalue weighted by Gasteiger charge is 2.22. The Bertz CT molecular complexity index is 1230. The van der Waals surface area contributed by atoms with Crippen molar-refractivity contribution in [3.05, 3.63) is 63.9 Å². The molecule has 1 aliphatic heterocycles. The molecule has 32 heavy (non-hydrogen) atoms. The third-order valence-electron chi connectivity index (χ3n) is 5.27. The van der Waals surface area contributed by atoms with Crippen molar-refractivity contribution in [2.45, 2.75) is 13.5 Å². The van der Waals surface area contributed by atoms with Crippen LogP contribution in [0.1, 0.15) is 11.3 Å². The first-order valence-corrected chi connectivity index (χ1v) is 11.0. The molecule has 4 heterocycles. The van der Waals surface area contributed by atoms with Gasteiger partial charge in [0.25, 0.3) is 0 Å². The first kappa shape index (κ1) is 21.0. The quantitative estimate of drug-likeness (QED) is 0.437. The molecule has 0 unspecified atom stereocenters. The van der Waals surface area contributed by atoms with Gasteiger partial charge in [0, 0.05) is 54.2 Å². The van der Waals surface area contributed by atoms with E-state index in [-0.39, 0.29) is 0 Å². The van der Waals surface area contributed by atoms with Crippen molar-refractivity contribution < 1.29 is 4.84 Å². The zero-order valence-corrected chi connectivity index (χ0v) is 18.9. The van der Waals surface area contributed by atoms with E-state index in [0.29, 0.717) is 34.2 Å². The number of anilines is 3. The summed E-state index contributed by atoms with van der Waals surface area (Å²) in [4.78, 5) is 12.9. The SMILES string of the molecule is Cc1cc(Nc2nc(N3CCN(OCc4ccc(Cl)cc4Cl)CC3)nn3cccc23)n[nH]1. The van der Waals surface area contributed by atoms with Crippen LogP contribution in [0.4, 0.5) is 17.6 Å². The van der Waals surface area contributed by atoms with Crippen molar-refractivity contribution in [1.29, 1.82) is 0 Å². The molecular weight excluding hydrogens is 451 g/mol. The van der Waals surface area contributed by atoms with E-state index in [0.717, 1.165) is 43.0 Å². The van der Waals surface area contributed by atoms with Crippen LogP contribution in [0.25, 0.3) is 5.52 Å². The van der Waals surface area contributed by atoms with Crippen molar-refractivity contribution in [2.24, 2.45) is 0 Å². The van der Waals surface area contributed by atoms with Crippen LogP contribution >= 0.6 is 23.2 Å². The summed E-state index contributed by atoms with van der Waals surface area (Å²) in [6.45, 7) is 5.28. The van der Waals surface area contributed by atoms with Gasteiger partial charge in [0.1, 0.15) is 5.52 Å². The Labute approximate surface area is 194 Å². The van der Waals surface area contributed by atoms with Crippen LogP contribution in [0.3, 0.4) is 0 Å². The minimum atomic E-state index is 0.402. The summed E-state index contributed by atoms with van der Waals surface area (Å²) in [5.74, 6) is 2.08. The van der Waals surface area contributed by atoms with Crippen molar-refractivity contribution in [1.82, 2.24) is 29.9 Å². The number of hydrogen-bond acceptors (Lipinski definition) is 7. The molecule has 0 amide bonds. The molecule has 0 bridgehead atoms. The predicted octanol–water partition coefficient (Wildman–Crippen LogP) is 4.07. The molecule has 1 fully saturated rings. The number of halogens is 2. The minimum Gasteiger partial charge on any atom is -0.337 e. The number of fused-ring (bicyclic) bond motifs is 1. The Kier molecular flexibility index (Phi) is 5.88. The fourth-order valence-electron chi connectivity index (χ4n) is 3.57. The van der Waals surface area contributed by atoms with Crippen LogP contribution in [-0.2, 0) is 11.4 Å². The Morgan fingerprint density at radius 1 is 1.12 bits per heavy atom. The highest BCUT2D eigenvalue weighted by atomic mass is 35.5. The van der Waals surface area contributed by atoms with E-state index in [9.17, 15) is 0 Å². The maximum absolute atomic E-state index is 6.24. The molecule has 0 atom stereocenters. The first-order chi connectivity index (χ1) is 15.5. The highest BCUT2D eigenvalue weighted by molar-refractivity contribution is 6.35. The van der Waals surface area contributed by atoms with E-state index >= 15 is 0 Å². The van der Waals surface area contributed by atoms with Crippen LogP contribution < -0.4 is 10.2 Å². The van der Waals surface area contributed by atoms with E-state index < -0.39 is 0 Å². The van der Waals surface area contributed by atoms with Crippen molar-refractivity contribution >= 4 is 46.3 Å². The largest absolute Gasteiger partial charge is 0.337 e. The number of aromatic amines is 1. The highest BCUT2D eigenvalue weighted by Crippen LogP contribution is 2.24. The molecule has 1 aromatic carbocycles. The van der Waals surface area contributed by atoms with Gasteiger partial charge in [-0.15, -0.1) is 5.10 Å². The molecule has 0 saturated carbocycles. The van der Waals surface area contributed by atoms with Crippen LogP contribution in [0, 0.1) is 6.92 Å². The van der Waals surface area contributed by atoms with Gasteiger partial charge in [0.05, 0.1) is 6.61 Å². The van der Waals surface area contributed by atoms with E-state index in [1.165, 1.54) is 0 Å². The van der Waals surface area contributed by atoms with Gasteiger partial charge in [0.2, 0.25) is 5.95 Å². The molecule has 9 nitrogen and oxygen atoms in total. The van der Waals surface area contributed by atoms with Gasteiger partial charge in [-0.3, -0.25) is 9.94 Å². The number of hydrogen-bond donors (Lipinski definition) is 2. The third kappa shape index (κ3) is 4.51. The maximum Gasteiger partial charge on any atom is 0.245 e. The minimum absolute atomic E-state index is 0.402. The van der Waals surface area contributed by atoms with Gasteiger partial charge in [-0.1, -0.05) is 29.3 Å². The molecule has 1 aliphatic rings. The summed E-state index contributed by atoms with van der Waals surface area (Å²) in [5, 5.41) is 18.3. The van der Waals surface area contributed by atoms with E-state index in [1.54, 1.807) is 6.07 Å². The summed E-state index contributed by atoms with van der Waals surface area (Å²) >= 11 is 12.2. The Balaban J connectivity index is 1.25. The molecule has 2 N–H and O–H groups in total. The molecule has 4 aromatic rings. The van der Waals surface area contributed by atoms with Gasteiger partial charge >= 0.3 is 0 Å². The molecular formula is C21H22Cl2N8O. The van der Waals surface area contributed by atoms with Gasteiger partial charge < -0.3 is 10.2 Å². The first-order valence-electron chi connectivity index (χ1n) is 10.3. The number of nitrogens with zero attached hydrogens (tertiary/aromatic N) is 6. The fourth-order valence-corrected chi connectivity index (χ4v) is 4.03. The monoisotopic (exact) mass is 472 g/mol. The summed E-state index contributed by atoms with van der Waals surface area (Å²) in [7, 11) is 0. The zero-order chi connectivity index (χ0) is 22.1. The lowest BCUT2D eigenvalue weighted by atomic mass is 10.2. The number of benzene rings is 1. The number of rotatable bonds is 6. The molecule has 11 heteroatoms. The number of aryl methyl sites for hydroxylation is 1. The summed E-state index contributed by atoms with van der Waals surface area (Å²) in [6, 6.07) is 11.3. The maximum atomic E-state index is 6.24. The molecule has 0 aliphatic carbocycles. The van der Waals surface area contributed by atoms with Crippen molar-refractivity contribution in [2.75, 3.05) is 36.4 Å². The number of nitrogens with one attached hydrogen (secondary N) is 2. The number of hydroxylamine groups is 2. The predicted molar refractivity (Wildman–Crippen MR) is 125 cm³/mol. The fraction of sp³-hybridized carbons (Fsp3) is 0.286. The van der Waals surface area contributed by atoms with E-state index in [1.807, 2.05) is 53.0 Å². The lowest BCUT2D eigenvalue weighted by molar-refractivity contribution is -0.171. The number of H-pyrrole nitrogens is 1. The van der Waals surface area contributed by atoms with Crippen LogP contribution in [0.5, 0.6) is 0 Å². The Morgan fingerprint density at radius 2 is 1.97 bits per heavy atom. The number of piperazine rings is 1. The topological polar surface area (TPSA) is 86.6 Å². The van der Waals surface area contributed by atoms with Gasteiger partial charge in [-0.05, 0) is 36.8 Å². The second-order valence-electron chi connectivity index (χ2n) is 7.58. The zero-order valence-electron chi connectivity index (χ0n) is 17.4. The molecule has 0 spiro atoms. The van der Waals surface area contributed by atoms with E-state index in [2.05, 4.69) is 25.5 Å². The summed E-state index contributed by atoms with van der Waals surface area (Å²) in [5.41, 5.74) is 2.77. The second-order valence-corrected chi connectivity index (χ2v) is 8.43. The smallest absolute Gasteiger partial charge is 0.245 e. The van der Waals surface area contributed by atoms with Crippen LogP contribution in [-0.4, -0.2) is 56.0 Å². The van der Waals surface area contributed by atoms with Gasteiger partial charge in [-0.25, -0.2) is 4.52 Å². The summed E-state index contributed by atoms with van der Waals surface area (Å²) in [6.07, 6.45) is 1.91. The normalized spacial score (nSPS) is 14.9. The average molecular weight is 473 g/mol. The molecule has 3 aromatic heterocycles. The van der Waals surface area contributed by atoms with Crippen LogP contribution in [0.15, 0.2) is 42.6 Å². The lowest BCUT2D eigenvalue weighted by Crippen LogP contribution is -2.47. The van der Waals surface area contributed by atoms with Gasteiger partial charge in [0.15, 0.2) is 11.6 Å². The van der Waals surface area contributed by atoms with Gasteiger partial charge in [-0.2, -0.15) is 15.1 Å². The summed E-state index contributed by atoms with van der Waals surface area (Å²) < 4.78 is 1.83. The van der Waals surface area contributed by atoms with Crippen molar-refractivity contribution in [3.8, 4) is 0 Å². The van der Waals surface area contributed by atoms with Crippen LogP contribution in [0.2, 0.25) is 10.0 Å². The Hall–Kier alpha value is -2.85.